The first kappa shape index (κ1) is 25.0. The molecule has 0 amide bonds. The molecule has 1 saturated heterocycles. The molecular weight excluding hydrogens is 517 g/mol. The lowest BCUT2D eigenvalue weighted by molar-refractivity contribution is 0.394. The van der Waals surface area contributed by atoms with Crippen molar-refractivity contribution in [1.82, 2.24) is 10.6 Å². The third-order valence-corrected chi connectivity index (χ3v) is 5.15. The Morgan fingerprint density at radius 1 is 1.13 bits per heavy atom. The fourth-order valence-corrected chi connectivity index (χ4v) is 3.53. The summed E-state index contributed by atoms with van der Waals surface area (Å²) in [4.78, 5) is 6.51. The molecule has 0 aromatic heterocycles. The van der Waals surface area contributed by atoms with Gasteiger partial charge in [-0.3, -0.25) is 4.99 Å². The molecule has 0 spiro atoms. The zero-order chi connectivity index (χ0) is 21.5. The number of benzene rings is 2. The Labute approximate surface area is 199 Å². The standard InChI is InChI=1S/C22H28F2N4O2.HI/c1-25-22(26-8-6-15-10-16(23)4-5-21(15)24)27-17-7-9-28(14-17)18-11-19(29-2)13-20(12-18)30-3;/h4-5,10-13,17H,6-9,14H2,1-3H3,(H2,25,26,27);1H. The van der Waals surface area contributed by atoms with E-state index in [0.29, 0.717) is 24.5 Å². The molecule has 170 valence electrons. The quantitative estimate of drug-likeness (QED) is 0.316. The number of aliphatic imine (C=N–C) groups is 1. The van der Waals surface area contributed by atoms with Crippen molar-refractivity contribution < 1.29 is 18.3 Å². The van der Waals surface area contributed by atoms with Crippen LogP contribution in [0.15, 0.2) is 41.4 Å². The van der Waals surface area contributed by atoms with Gasteiger partial charge in [0.15, 0.2) is 5.96 Å². The van der Waals surface area contributed by atoms with Crippen LogP contribution >= 0.6 is 24.0 Å². The smallest absolute Gasteiger partial charge is 0.191 e. The first-order valence-corrected chi connectivity index (χ1v) is 9.91. The summed E-state index contributed by atoms with van der Waals surface area (Å²) in [6.45, 7) is 2.14. The second-order valence-corrected chi connectivity index (χ2v) is 7.13. The largest absolute Gasteiger partial charge is 0.497 e. The van der Waals surface area contributed by atoms with E-state index in [1.165, 1.54) is 6.07 Å². The van der Waals surface area contributed by atoms with Crippen LogP contribution in [0.2, 0.25) is 0 Å². The normalized spacial score (nSPS) is 16.0. The summed E-state index contributed by atoms with van der Waals surface area (Å²) in [5, 5.41) is 6.58. The Bertz CT molecular complexity index is 876. The third kappa shape index (κ3) is 6.84. The molecule has 2 aromatic rings. The van der Waals surface area contributed by atoms with Crippen molar-refractivity contribution >= 4 is 35.6 Å². The summed E-state index contributed by atoms with van der Waals surface area (Å²) in [5.74, 6) is 1.31. The second-order valence-electron chi connectivity index (χ2n) is 7.13. The van der Waals surface area contributed by atoms with E-state index in [2.05, 4.69) is 20.5 Å². The van der Waals surface area contributed by atoms with E-state index < -0.39 is 11.6 Å². The fraction of sp³-hybridized carbons (Fsp3) is 0.409. The fourth-order valence-electron chi connectivity index (χ4n) is 3.53. The van der Waals surface area contributed by atoms with Crippen LogP contribution in [0.25, 0.3) is 0 Å². The molecule has 3 rings (SSSR count). The van der Waals surface area contributed by atoms with Gasteiger partial charge in [0.1, 0.15) is 23.1 Å². The third-order valence-electron chi connectivity index (χ3n) is 5.15. The average molecular weight is 546 g/mol. The maximum Gasteiger partial charge on any atom is 0.191 e. The molecule has 1 atom stereocenters. The molecule has 1 heterocycles. The maximum atomic E-state index is 13.8. The highest BCUT2D eigenvalue weighted by Gasteiger charge is 2.24. The van der Waals surface area contributed by atoms with Crippen LogP contribution < -0.4 is 25.0 Å². The van der Waals surface area contributed by atoms with Crippen molar-refractivity contribution in [3.8, 4) is 11.5 Å². The minimum Gasteiger partial charge on any atom is -0.497 e. The van der Waals surface area contributed by atoms with Crippen molar-refractivity contribution in [1.29, 1.82) is 0 Å². The second kappa shape index (κ2) is 11.9. The van der Waals surface area contributed by atoms with Crippen LogP contribution in [0.4, 0.5) is 14.5 Å². The Morgan fingerprint density at radius 2 is 1.84 bits per heavy atom. The van der Waals surface area contributed by atoms with Crippen molar-refractivity contribution in [3.05, 3.63) is 53.6 Å². The SMILES string of the molecule is CN=C(NCCc1cc(F)ccc1F)NC1CCN(c2cc(OC)cc(OC)c2)C1.I. The molecule has 2 N–H and O–H groups in total. The molecular formula is C22H29F2IN4O2. The van der Waals surface area contributed by atoms with E-state index in [0.717, 1.165) is 48.8 Å². The topological polar surface area (TPSA) is 58.1 Å². The molecule has 0 radical (unpaired) electrons. The predicted octanol–water partition coefficient (Wildman–Crippen LogP) is 3.59. The lowest BCUT2D eigenvalue weighted by Gasteiger charge is -2.21. The maximum absolute atomic E-state index is 13.8. The first-order valence-electron chi connectivity index (χ1n) is 9.91. The molecule has 0 saturated carbocycles. The highest BCUT2D eigenvalue weighted by Crippen LogP contribution is 2.30. The summed E-state index contributed by atoms with van der Waals surface area (Å²) < 4.78 is 37.8. The van der Waals surface area contributed by atoms with Crippen molar-refractivity contribution in [2.75, 3.05) is 45.8 Å². The van der Waals surface area contributed by atoms with Crippen LogP contribution in [-0.2, 0) is 6.42 Å². The number of hydrogen-bond acceptors (Lipinski definition) is 4. The van der Waals surface area contributed by atoms with Gasteiger partial charge in [-0.15, -0.1) is 24.0 Å². The van der Waals surface area contributed by atoms with Gasteiger partial charge >= 0.3 is 0 Å². The van der Waals surface area contributed by atoms with E-state index in [-0.39, 0.29) is 30.0 Å². The molecule has 2 aromatic carbocycles. The minimum atomic E-state index is -0.436. The van der Waals surface area contributed by atoms with Gasteiger partial charge in [0.05, 0.1) is 14.2 Å². The van der Waals surface area contributed by atoms with Gasteiger partial charge in [0, 0.05) is 56.6 Å². The summed E-state index contributed by atoms with van der Waals surface area (Å²) >= 11 is 0. The summed E-state index contributed by atoms with van der Waals surface area (Å²) in [6, 6.07) is 9.54. The number of ether oxygens (including phenoxy) is 2. The lowest BCUT2D eigenvalue weighted by Crippen LogP contribution is -2.45. The number of nitrogens with zero attached hydrogens (tertiary/aromatic N) is 2. The lowest BCUT2D eigenvalue weighted by atomic mass is 10.1. The average Bonchev–Trinajstić information content (AvgIpc) is 3.23. The van der Waals surface area contributed by atoms with Crippen LogP contribution in [-0.4, -0.2) is 52.9 Å². The van der Waals surface area contributed by atoms with Crippen LogP contribution in [0.1, 0.15) is 12.0 Å². The number of methoxy groups -OCH3 is 2. The van der Waals surface area contributed by atoms with Crippen molar-refractivity contribution in [3.63, 3.8) is 0 Å². The van der Waals surface area contributed by atoms with E-state index in [9.17, 15) is 8.78 Å². The molecule has 1 aliphatic rings. The summed E-state index contributed by atoms with van der Waals surface area (Å²) in [6.07, 6.45) is 1.31. The van der Waals surface area contributed by atoms with Gasteiger partial charge in [-0.05, 0) is 36.6 Å². The number of halogens is 3. The highest BCUT2D eigenvalue weighted by molar-refractivity contribution is 14.0. The zero-order valence-corrected chi connectivity index (χ0v) is 20.3. The van der Waals surface area contributed by atoms with Crippen LogP contribution in [0.3, 0.4) is 0 Å². The molecule has 0 bridgehead atoms. The number of rotatable bonds is 7. The molecule has 31 heavy (non-hydrogen) atoms. The predicted molar refractivity (Wildman–Crippen MR) is 130 cm³/mol. The minimum absolute atomic E-state index is 0. The molecule has 6 nitrogen and oxygen atoms in total. The van der Waals surface area contributed by atoms with Crippen LogP contribution in [0, 0.1) is 11.6 Å². The Hall–Kier alpha value is -2.30. The van der Waals surface area contributed by atoms with Gasteiger partial charge in [-0.25, -0.2) is 8.78 Å². The van der Waals surface area contributed by atoms with Gasteiger partial charge in [0.25, 0.3) is 0 Å². The number of anilines is 1. The van der Waals surface area contributed by atoms with Gasteiger partial charge in [-0.2, -0.15) is 0 Å². The van der Waals surface area contributed by atoms with Gasteiger partial charge in [-0.1, -0.05) is 0 Å². The van der Waals surface area contributed by atoms with E-state index in [4.69, 9.17) is 9.47 Å². The number of hydrogen-bond donors (Lipinski definition) is 2. The molecule has 9 heteroatoms. The molecule has 1 fully saturated rings. The number of guanidine groups is 1. The zero-order valence-electron chi connectivity index (χ0n) is 18.0. The summed E-state index contributed by atoms with van der Waals surface area (Å²) in [5.41, 5.74) is 1.39. The van der Waals surface area contributed by atoms with Gasteiger partial charge in [0.2, 0.25) is 0 Å². The van der Waals surface area contributed by atoms with Gasteiger partial charge < -0.3 is 25.0 Å². The Morgan fingerprint density at radius 3 is 2.48 bits per heavy atom. The molecule has 0 aliphatic carbocycles. The van der Waals surface area contributed by atoms with Crippen molar-refractivity contribution in [2.45, 2.75) is 18.9 Å². The van der Waals surface area contributed by atoms with E-state index in [1.807, 2.05) is 18.2 Å². The van der Waals surface area contributed by atoms with Crippen LogP contribution in [0.5, 0.6) is 11.5 Å². The molecule has 1 aliphatic heterocycles. The molecule has 1 unspecified atom stereocenters. The van der Waals surface area contributed by atoms with E-state index in [1.54, 1.807) is 21.3 Å². The monoisotopic (exact) mass is 546 g/mol. The van der Waals surface area contributed by atoms with Crippen molar-refractivity contribution in [2.24, 2.45) is 4.99 Å². The Kier molecular flexibility index (Phi) is 9.60. The Balaban J connectivity index is 0.00000341. The first-order chi connectivity index (χ1) is 14.5. The van der Waals surface area contributed by atoms with E-state index >= 15 is 0 Å². The highest BCUT2D eigenvalue weighted by atomic mass is 127. The summed E-state index contributed by atoms with van der Waals surface area (Å²) in [7, 11) is 4.97. The number of nitrogens with one attached hydrogen (secondary N) is 2.